The Labute approximate surface area is 123 Å². The number of nitriles is 1. The number of nitrogen functional groups attached to an aromatic ring is 1. The SMILES string of the molecule is Cc1cc(C)c(OCc2ccc(C#N)cc2Cl)cc1N. The van der Waals surface area contributed by atoms with E-state index in [1.165, 1.54) is 0 Å². The minimum absolute atomic E-state index is 0.341. The molecular weight excluding hydrogens is 272 g/mol. The van der Waals surface area contributed by atoms with Crippen molar-refractivity contribution >= 4 is 17.3 Å². The largest absolute Gasteiger partial charge is 0.489 e. The van der Waals surface area contributed by atoms with Crippen LogP contribution < -0.4 is 10.5 Å². The van der Waals surface area contributed by atoms with Crippen molar-refractivity contribution in [1.82, 2.24) is 0 Å². The molecule has 0 radical (unpaired) electrons. The number of nitrogens with zero attached hydrogens (tertiary/aromatic N) is 1. The average molecular weight is 287 g/mol. The molecule has 0 aliphatic heterocycles. The molecule has 0 aromatic heterocycles. The lowest BCUT2D eigenvalue weighted by Gasteiger charge is -2.12. The molecule has 0 saturated carbocycles. The molecule has 0 amide bonds. The van der Waals surface area contributed by atoms with Crippen LogP contribution in [-0.4, -0.2) is 0 Å². The highest BCUT2D eigenvalue weighted by molar-refractivity contribution is 6.31. The fraction of sp³-hybridized carbons (Fsp3) is 0.188. The molecule has 0 fully saturated rings. The zero-order valence-electron chi connectivity index (χ0n) is 11.4. The molecule has 2 N–H and O–H groups in total. The van der Waals surface area contributed by atoms with Crippen LogP contribution in [0.25, 0.3) is 0 Å². The molecule has 0 aliphatic carbocycles. The maximum Gasteiger partial charge on any atom is 0.124 e. The smallest absolute Gasteiger partial charge is 0.124 e. The molecule has 4 heteroatoms. The Kier molecular flexibility index (Phi) is 4.16. The van der Waals surface area contributed by atoms with Crippen LogP contribution in [0.3, 0.4) is 0 Å². The number of rotatable bonds is 3. The van der Waals surface area contributed by atoms with Crippen molar-refractivity contribution < 1.29 is 4.74 Å². The summed E-state index contributed by atoms with van der Waals surface area (Å²) in [7, 11) is 0. The summed E-state index contributed by atoms with van der Waals surface area (Å²) in [6.45, 7) is 4.28. The van der Waals surface area contributed by atoms with Crippen LogP contribution in [0.5, 0.6) is 5.75 Å². The summed E-state index contributed by atoms with van der Waals surface area (Å²) in [5, 5.41) is 9.33. The lowest BCUT2D eigenvalue weighted by atomic mass is 10.1. The van der Waals surface area contributed by atoms with Gasteiger partial charge in [-0.05, 0) is 37.1 Å². The topological polar surface area (TPSA) is 59.0 Å². The standard InChI is InChI=1S/C16H15ClN2O/c1-10-5-11(2)16(7-15(10)19)20-9-13-4-3-12(8-18)6-14(13)17/h3-7H,9,19H2,1-2H3. The van der Waals surface area contributed by atoms with Gasteiger partial charge in [0.25, 0.3) is 0 Å². The van der Waals surface area contributed by atoms with E-state index in [1.807, 2.05) is 32.0 Å². The molecule has 2 aromatic carbocycles. The van der Waals surface area contributed by atoms with Crippen molar-refractivity contribution in [3.8, 4) is 11.8 Å². The third kappa shape index (κ3) is 3.04. The number of halogens is 1. The molecule has 102 valence electrons. The molecule has 2 aromatic rings. The second kappa shape index (κ2) is 5.85. The van der Waals surface area contributed by atoms with Gasteiger partial charge in [0, 0.05) is 22.3 Å². The molecule has 0 heterocycles. The van der Waals surface area contributed by atoms with E-state index in [4.69, 9.17) is 27.3 Å². The van der Waals surface area contributed by atoms with Crippen LogP contribution in [-0.2, 0) is 6.61 Å². The Morgan fingerprint density at radius 1 is 1.20 bits per heavy atom. The lowest BCUT2D eigenvalue weighted by molar-refractivity contribution is 0.304. The number of hydrogen-bond donors (Lipinski definition) is 1. The van der Waals surface area contributed by atoms with Gasteiger partial charge in [0.2, 0.25) is 0 Å². The Morgan fingerprint density at radius 3 is 2.60 bits per heavy atom. The molecular formula is C16H15ClN2O. The van der Waals surface area contributed by atoms with Gasteiger partial charge in [-0.15, -0.1) is 0 Å². The second-order valence-electron chi connectivity index (χ2n) is 4.68. The van der Waals surface area contributed by atoms with E-state index in [0.717, 1.165) is 22.4 Å². The predicted molar refractivity (Wildman–Crippen MR) is 80.8 cm³/mol. The molecule has 2 rings (SSSR count). The molecule has 0 unspecified atom stereocenters. The van der Waals surface area contributed by atoms with Crippen molar-refractivity contribution in [3.05, 3.63) is 57.6 Å². The molecule has 0 bridgehead atoms. The summed E-state index contributed by atoms with van der Waals surface area (Å²) in [4.78, 5) is 0. The first-order valence-electron chi connectivity index (χ1n) is 6.19. The highest BCUT2D eigenvalue weighted by atomic mass is 35.5. The van der Waals surface area contributed by atoms with Crippen LogP contribution in [0.15, 0.2) is 30.3 Å². The normalized spacial score (nSPS) is 10.1. The van der Waals surface area contributed by atoms with Crippen molar-refractivity contribution in [2.75, 3.05) is 5.73 Å². The predicted octanol–water partition coefficient (Wildman–Crippen LogP) is 3.99. The zero-order valence-corrected chi connectivity index (χ0v) is 12.2. The fourth-order valence-corrected chi connectivity index (χ4v) is 2.13. The zero-order chi connectivity index (χ0) is 14.7. The first-order chi connectivity index (χ1) is 9.51. The van der Waals surface area contributed by atoms with E-state index < -0.39 is 0 Å². The van der Waals surface area contributed by atoms with Crippen LogP contribution in [0, 0.1) is 25.2 Å². The van der Waals surface area contributed by atoms with E-state index in [1.54, 1.807) is 18.2 Å². The first-order valence-corrected chi connectivity index (χ1v) is 6.57. The Morgan fingerprint density at radius 2 is 1.95 bits per heavy atom. The number of benzene rings is 2. The van der Waals surface area contributed by atoms with E-state index in [-0.39, 0.29) is 0 Å². The fourth-order valence-electron chi connectivity index (χ4n) is 1.89. The van der Waals surface area contributed by atoms with Gasteiger partial charge < -0.3 is 10.5 Å². The number of hydrogen-bond acceptors (Lipinski definition) is 3. The molecule has 3 nitrogen and oxygen atoms in total. The minimum Gasteiger partial charge on any atom is -0.489 e. The highest BCUT2D eigenvalue weighted by Crippen LogP contribution is 2.26. The van der Waals surface area contributed by atoms with Crippen molar-refractivity contribution in [2.24, 2.45) is 0 Å². The van der Waals surface area contributed by atoms with Crippen molar-refractivity contribution in [3.63, 3.8) is 0 Å². The monoisotopic (exact) mass is 286 g/mol. The maximum absolute atomic E-state index is 8.80. The van der Waals surface area contributed by atoms with Gasteiger partial charge >= 0.3 is 0 Å². The summed E-state index contributed by atoms with van der Waals surface area (Å²) >= 11 is 6.11. The lowest BCUT2D eigenvalue weighted by Crippen LogP contribution is -2.00. The Hall–Kier alpha value is -2.18. The van der Waals surface area contributed by atoms with Gasteiger partial charge in [-0.25, -0.2) is 0 Å². The van der Waals surface area contributed by atoms with Crippen LogP contribution >= 0.6 is 11.6 Å². The molecule has 0 saturated heterocycles. The number of ether oxygens (including phenoxy) is 1. The summed E-state index contributed by atoms with van der Waals surface area (Å²) in [5.41, 5.74) is 10.0. The van der Waals surface area contributed by atoms with E-state index in [9.17, 15) is 0 Å². The van der Waals surface area contributed by atoms with E-state index >= 15 is 0 Å². The number of nitrogens with two attached hydrogens (primary N) is 1. The molecule has 0 atom stereocenters. The summed E-state index contributed by atoms with van der Waals surface area (Å²) in [5.74, 6) is 0.744. The Balaban J connectivity index is 2.17. The van der Waals surface area contributed by atoms with Gasteiger partial charge in [0.1, 0.15) is 12.4 Å². The van der Waals surface area contributed by atoms with E-state index in [0.29, 0.717) is 22.9 Å². The van der Waals surface area contributed by atoms with Crippen LogP contribution in [0.1, 0.15) is 22.3 Å². The molecule has 0 spiro atoms. The third-order valence-corrected chi connectivity index (χ3v) is 3.48. The van der Waals surface area contributed by atoms with E-state index in [2.05, 4.69) is 0 Å². The summed E-state index contributed by atoms with van der Waals surface area (Å²) in [6, 6.07) is 11.0. The molecule has 20 heavy (non-hydrogen) atoms. The Bertz CT molecular complexity index is 690. The average Bonchev–Trinajstić information content (AvgIpc) is 2.42. The molecule has 0 aliphatic rings. The highest BCUT2D eigenvalue weighted by Gasteiger charge is 2.06. The first kappa shape index (κ1) is 14.2. The quantitative estimate of drug-likeness (QED) is 0.868. The van der Waals surface area contributed by atoms with Gasteiger partial charge in [0.15, 0.2) is 0 Å². The second-order valence-corrected chi connectivity index (χ2v) is 5.09. The van der Waals surface area contributed by atoms with Crippen LogP contribution in [0.2, 0.25) is 5.02 Å². The van der Waals surface area contributed by atoms with Gasteiger partial charge in [-0.1, -0.05) is 23.7 Å². The third-order valence-electron chi connectivity index (χ3n) is 3.13. The van der Waals surface area contributed by atoms with Gasteiger partial charge in [-0.3, -0.25) is 0 Å². The van der Waals surface area contributed by atoms with Gasteiger partial charge in [-0.2, -0.15) is 5.26 Å². The van der Waals surface area contributed by atoms with Crippen LogP contribution in [0.4, 0.5) is 5.69 Å². The minimum atomic E-state index is 0.341. The van der Waals surface area contributed by atoms with Gasteiger partial charge in [0.05, 0.1) is 11.6 Å². The van der Waals surface area contributed by atoms with Crippen molar-refractivity contribution in [1.29, 1.82) is 5.26 Å². The summed E-state index contributed by atoms with van der Waals surface area (Å²) in [6.07, 6.45) is 0. The van der Waals surface area contributed by atoms with Crippen molar-refractivity contribution in [2.45, 2.75) is 20.5 Å². The number of aryl methyl sites for hydroxylation is 2. The number of anilines is 1. The summed E-state index contributed by atoms with van der Waals surface area (Å²) < 4.78 is 5.77. The maximum atomic E-state index is 8.80.